The molecule has 1 aliphatic rings. The van der Waals surface area contributed by atoms with Crippen LogP contribution in [0.5, 0.6) is 0 Å². The van der Waals surface area contributed by atoms with E-state index in [0.29, 0.717) is 0 Å². The molecule has 3 aromatic rings. The number of aromatic nitrogens is 3. The molecular formula is C19H21N3O. The van der Waals surface area contributed by atoms with Gasteiger partial charge in [-0.1, -0.05) is 25.1 Å². The molecule has 0 radical (unpaired) electrons. The zero-order valence-corrected chi connectivity index (χ0v) is 13.4. The number of nitrogens with one attached hydrogen (secondary N) is 2. The van der Waals surface area contributed by atoms with Gasteiger partial charge in [-0.25, -0.2) is 4.98 Å². The third kappa shape index (κ3) is 2.48. The lowest BCUT2D eigenvalue weighted by Gasteiger charge is -2.20. The SMILES string of the molecule is CCCc1ncc(CC2CCc3[nH]c4ccccc4c3C2=O)[nH]1. The Balaban J connectivity index is 1.61. The minimum Gasteiger partial charge on any atom is -0.358 e. The van der Waals surface area contributed by atoms with Crippen molar-refractivity contribution in [3.8, 4) is 0 Å². The van der Waals surface area contributed by atoms with Gasteiger partial charge in [-0.05, 0) is 31.7 Å². The summed E-state index contributed by atoms with van der Waals surface area (Å²) >= 11 is 0. The normalized spacial score (nSPS) is 17.6. The molecule has 1 aliphatic carbocycles. The van der Waals surface area contributed by atoms with Gasteiger partial charge in [-0.2, -0.15) is 0 Å². The van der Waals surface area contributed by atoms with E-state index in [1.54, 1.807) is 0 Å². The Labute approximate surface area is 135 Å². The number of ketones is 1. The van der Waals surface area contributed by atoms with Crippen molar-refractivity contribution >= 4 is 16.7 Å². The van der Waals surface area contributed by atoms with Gasteiger partial charge in [0.05, 0.1) is 0 Å². The average molecular weight is 307 g/mol. The average Bonchev–Trinajstić information content (AvgIpc) is 3.15. The van der Waals surface area contributed by atoms with Crippen molar-refractivity contribution < 1.29 is 4.79 Å². The van der Waals surface area contributed by atoms with Gasteiger partial charge in [-0.15, -0.1) is 0 Å². The van der Waals surface area contributed by atoms with Crippen LogP contribution in [-0.4, -0.2) is 20.7 Å². The Morgan fingerprint density at radius 1 is 1.26 bits per heavy atom. The lowest BCUT2D eigenvalue weighted by atomic mass is 9.82. The van der Waals surface area contributed by atoms with E-state index < -0.39 is 0 Å². The summed E-state index contributed by atoms with van der Waals surface area (Å²) in [5, 5.41) is 1.06. The van der Waals surface area contributed by atoms with Crippen molar-refractivity contribution in [2.75, 3.05) is 0 Å². The van der Waals surface area contributed by atoms with E-state index in [1.807, 2.05) is 30.5 Å². The molecule has 1 aromatic carbocycles. The molecule has 2 N–H and O–H groups in total. The van der Waals surface area contributed by atoms with E-state index in [2.05, 4.69) is 21.9 Å². The maximum Gasteiger partial charge on any atom is 0.168 e. The van der Waals surface area contributed by atoms with Crippen molar-refractivity contribution in [3.05, 3.63) is 53.2 Å². The summed E-state index contributed by atoms with van der Waals surface area (Å²) in [7, 11) is 0. The topological polar surface area (TPSA) is 61.5 Å². The predicted molar refractivity (Wildman–Crippen MR) is 90.7 cm³/mol. The van der Waals surface area contributed by atoms with Gasteiger partial charge in [0.15, 0.2) is 5.78 Å². The standard InChI is InChI=1S/C19H21N3O/c1-2-5-17-20-11-13(21-17)10-12-8-9-16-18(19(12)23)14-6-3-4-7-15(14)22-16/h3-4,6-7,11-12,22H,2,5,8-10H2,1H3,(H,20,21). The number of hydrogen-bond acceptors (Lipinski definition) is 2. The Bertz CT molecular complexity index is 859. The number of H-pyrrole nitrogens is 2. The summed E-state index contributed by atoms with van der Waals surface area (Å²) in [5.74, 6) is 1.35. The molecule has 1 atom stereocenters. The van der Waals surface area contributed by atoms with Crippen LogP contribution in [0, 0.1) is 5.92 Å². The van der Waals surface area contributed by atoms with Crippen LogP contribution in [-0.2, 0) is 19.3 Å². The number of aromatic amines is 2. The minimum atomic E-state index is 0.0524. The number of nitrogens with zero attached hydrogens (tertiary/aromatic N) is 1. The minimum absolute atomic E-state index is 0.0524. The van der Waals surface area contributed by atoms with Crippen LogP contribution in [0.15, 0.2) is 30.5 Å². The van der Waals surface area contributed by atoms with Gasteiger partial charge < -0.3 is 9.97 Å². The number of carbonyl (C=O) groups is 1. The monoisotopic (exact) mass is 307 g/mol. The number of Topliss-reactive ketones (excluding diaryl/α,β-unsaturated/α-hetero) is 1. The molecule has 0 saturated carbocycles. The van der Waals surface area contributed by atoms with Gasteiger partial charge >= 0.3 is 0 Å². The predicted octanol–water partition coefficient (Wildman–Crippen LogP) is 3.83. The van der Waals surface area contributed by atoms with E-state index >= 15 is 0 Å². The third-order valence-electron chi connectivity index (χ3n) is 4.78. The van der Waals surface area contributed by atoms with Gasteiger partial charge in [-0.3, -0.25) is 4.79 Å². The molecule has 0 aliphatic heterocycles. The molecule has 0 saturated heterocycles. The number of para-hydroxylation sites is 1. The Hall–Kier alpha value is -2.36. The zero-order chi connectivity index (χ0) is 15.8. The third-order valence-corrected chi connectivity index (χ3v) is 4.78. The summed E-state index contributed by atoms with van der Waals surface area (Å²) in [5.41, 5.74) is 4.15. The molecule has 4 nitrogen and oxygen atoms in total. The maximum atomic E-state index is 13.0. The fourth-order valence-electron chi connectivity index (χ4n) is 3.65. The van der Waals surface area contributed by atoms with E-state index in [9.17, 15) is 4.79 Å². The second kappa shape index (κ2) is 5.69. The molecule has 0 amide bonds. The number of carbonyl (C=O) groups excluding carboxylic acids is 1. The number of imidazole rings is 1. The summed E-state index contributed by atoms with van der Waals surface area (Å²) in [6.07, 6.45) is 6.54. The molecule has 2 aromatic heterocycles. The quantitative estimate of drug-likeness (QED) is 0.769. The highest BCUT2D eigenvalue weighted by Crippen LogP contribution is 2.32. The van der Waals surface area contributed by atoms with Crippen LogP contribution in [0.3, 0.4) is 0 Å². The summed E-state index contributed by atoms with van der Waals surface area (Å²) in [4.78, 5) is 24.2. The fraction of sp³-hybridized carbons (Fsp3) is 0.368. The zero-order valence-electron chi connectivity index (χ0n) is 13.4. The molecule has 4 heteroatoms. The van der Waals surface area contributed by atoms with Gasteiger partial charge in [0.2, 0.25) is 0 Å². The molecule has 118 valence electrons. The van der Waals surface area contributed by atoms with Crippen molar-refractivity contribution in [1.82, 2.24) is 15.0 Å². The number of hydrogen-bond donors (Lipinski definition) is 2. The van der Waals surface area contributed by atoms with Crippen molar-refractivity contribution in [2.45, 2.75) is 39.0 Å². The fourth-order valence-corrected chi connectivity index (χ4v) is 3.65. The van der Waals surface area contributed by atoms with Crippen LogP contribution in [0.4, 0.5) is 0 Å². The lowest BCUT2D eigenvalue weighted by Crippen LogP contribution is -2.24. The number of aryl methyl sites for hydroxylation is 2. The van der Waals surface area contributed by atoms with E-state index in [1.165, 1.54) is 0 Å². The lowest BCUT2D eigenvalue weighted by molar-refractivity contribution is 0.0902. The van der Waals surface area contributed by atoms with Crippen LogP contribution < -0.4 is 0 Å². The van der Waals surface area contributed by atoms with E-state index in [-0.39, 0.29) is 11.7 Å². The number of benzene rings is 1. The van der Waals surface area contributed by atoms with Crippen LogP contribution in [0.1, 0.15) is 47.3 Å². The maximum absolute atomic E-state index is 13.0. The highest BCUT2D eigenvalue weighted by atomic mass is 16.1. The molecule has 0 bridgehead atoms. The van der Waals surface area contributed by atoms with Gasteiger partial charge in [0.25, 0.3) is 0 Å². The van der Waals surface area contributed by atoms with E-state index in [0.717, 1.165) is 65.8 Å². The van der Waals surface area contributed by atoms with Crippen LogP contribution in [0.25, 0.3) is 10.9 Å². The molecule has 23 heavy (non-hydrogen) atoms. The molecule has 4 rings (SSSR count). The number of fused-ring (bicyclic) bond motifs is 3. The number of rotatable bonds is 4. The Morgan fingerprint density at radius 3 is 3.00 bits per heavy atom. The van der Waals surface area contributed by atoms with Crippen LogP contribution >= 0.6 is 0 Å². The molecule has 2 heterocycles. The van der Waals surface area contributed by atoms with E-state index in [4.69, 9.17) is 0 Å². The first-order valence-electron chi connectivity index (χ1n) is 8.42. The first-order chi connectivity index (χ1) is 11.3. The highest BCUT2D eigenvalue weighted by Gasteiger charge is 2.30. The van der Waals surface area contributed by atoms with Crippen LogP contribution in [0.2, 0.25) is 0 Å². The van der Waals surface area contributed by atoms with Crippen molar-refractivity contribution in [1.29, 1.82) is 0 Å². The summed E-state index contributed by atoms with van der Waals surface area (Å²) in [6, 6.07) is 8.09. The highest BCUT2D eigenvalue weighted by molar-refractivity contribution is 6.11. The smallest absolute Gasteiger partial charge is 0.168 e. The van der Waals surface area contributed by atoms with Crippen molar-refractivity contribution in [3.63, 3.8) is 0 Å². The molecule has 1 unspecified atom stereocenters. The Morgan fingerprint density at radius 2 is 2.13 bits per heavy atom. The largest absolute Gasteiger partial charge is 0.358 e. The second-order valence-electron chi connectivity index (χ2n) is 6.43. The Kier molecular flexibility index (Phi) is 3.52. The molecule has 0 fully saturated rings. The van der Waals surface area contributed by atoms with Gasteiger partial charge in [0.1, 0.15) is 5.82 Å². The molecule has 0 spiro atoms. The summed E-state index contributed by atoms with van der Waals surface area (Å²) in [6.45, 7) is 2.14. The van der Waals surface area contributed by atoms with Gasteiger partial charge in [0, 0.05) is 46.4 Å². The van der Waals surface area contributed by atoms with Crippen molar-refractivity contribution in [2.24, 2.45) is 5.92 Å². The summed E-state index contributed by atoms with van der Waals surface area (Å²) < 4.78 is 0. The molecular weight excluding hydrogens is 286 g/mol. The first-order valence-corrected chi connectivity index (χ1v) is 8.42. The second-order valence-corrected chi connectivity index (χ2v) is 6.43. The first kappa shape index (κ1) is 14.2.